The van der Waals surface area contributed by atoms with E-state index in [0.29, 0.717) is 5.57 Å². The smallest absolute Gasteiger partial charge is 0.310 e. The Hall–Kier alpha value is -1.71. The predicted molar refractivity (Wildman–Crippen MR) is 69.3 cm³/mol. The second kappa shape index (κ2) is 5.51. The Morgan fingerprint density at radius 1 is 1.37 bits per heavy atom. The summed E-state index contributed by atoms with van der Waals surface area (Å²) in [5.74, 6) is -1.33. The van der Waals surface area contributed by atoms with Crippen molar-refractivity contribution in [2.75, 3.05) is 0 Å². The molecule has 0 radical (unpaired) electrons. The maximum atomic E-state index is 12.3. The summed E-state index contributed by atoms with van der Waals surface area (Å²) >= 11 is 0. The molecule has 0 aromatic carbocycles. The molecular formula is C15H18O4. The molecule has 0 unspecified atom stereocenters. The molecule has 0 aromatic rings. The molecule has 19 heavy (non-hydrogen) atoms. The zero-order valence-electron chi connectivity index (χ0n) is 11.2. The van der Waals surface area contributed by atoms with Crippen LogP contribution in [0.5, 0.6) is 0 Å². The average Bonchev–Trinajstić information content (AvgIpc) is 2.63. The van der Waals surface area contributed by atoms with Crippen LogP contribution in [0.25, 0.3) is 0 Å². The molecule has 0 amide bonds. The van der Waals surface area contributed by atoms with E-state index in [1.807, 2.05) is 19.1 Å². The van der Waals surface area contributed by atoms with Crippen LogP contribution in [0, 0.1) is 11.8 Å². The number of aldehydes is 1. The van der Waals surface area contributed by atoms with E-state index in [-0.39, 0.29) is 18.2 Å². The lowest BCUT2D eigenvalue weighted by Crippen LogP contribution is -2.28. The largest absolute Gasteiger partial charge is 0.457 e. The number of hydrogen-bond donors (Lipinski definition) is 0. The third-order valence-electron chi connectivity index (χ3n) is 3.81. The summed E-state index contributed by atoms with van der Waals surface area (Å²) in [4.78, 5) is 34.9. The fraction of sp³-hybridized carbons (Fsp3) is 0.533. The minimum atomic E-state index is -0.471. The molecule has 0 saturated carbocycles. The van der Waals surface area contributed by atoms with Gasteiger partial charge in [-0.2, -0.15) is 0 Å². The van der Waals surface area contributed by atoms with E-state index in [4.69, 9.17) is 4.74 Å². The molecule has 4 nitrogen and oxygen atoms in total. The quantitative estimate of drug-likeness (QED) is 0.412. The van der Waals surface area contributed by atoms with Crippen molar-refractivity contribution in [2.45, 2.75) is 39.2 Å². The van der Waals surface area contributed by atoms with E-state index in [1.165, 1.54) is 0 Å². The van der Waals surface area contributed by atoms with Crippen molar-refractivity contribution in [1.82, 2.24) is 0 Å². The van der Waals surface area contributed by atoms with Gasteiger partial charge in [-0.25, -0.2) is 0 Å². The summed E-state index contributed by atoms with van der Waals surface area (Å²) in [6, 6.07) is 0. The lowest BCUT2D eigenvalue weighted by atomic mass is 9.83. The number of allylic oxidation sites excluding steroid dienone is 3. The molecular weight excluding hydrogens is 244 g/mol. The van der Waals surface area contributed by atoms with Crippen molar-refractivity contribution in [3.8, 4) is 0 Å². The van der Waals surface area contributed by atoms with Gasteiger partial charge in [0, 0.05) is 6.42 Å². The molecule has 0 spiro atoms. The van der Waals surface area contributed by atoms with Crippen LogP contribution in [-0.4, -0.2) is 24.1 Å². The van der Waals surface area contributed by atoms with Crippen molar-refractivity contribution in [2.24, 2.45) is 11.8 Å². The number of esters is 1. The molecule has 1 saturated heterocycles. The van der Waals surface area contributed by atoms with Crippen molar-refractivity contribution in [3.63, 3.8) is 0 Å². The van der Waals surface area contributed by atoms with Gasteiger partial charge in [-0.05, 0) is 31.4 Å². The molecule has 2 rings (SSSR count). The molecule has 2 aliphatic rings. The van der Waals surface area contributed by atoms with Crippen molar-refractivity contribution in [1.29, 1.82) is 0 Å². The van der Waals surface area contributed by atoms with Gasteiger partial charge < -0.3 is 4.74 Å². The number of carbonyl (C=O) groups excluding carboxylic acids is 3. The third kappa shape index (κ3) is 2.83. The monoisotopic (exact) mass is 262 g/mol. The predicted octanol–water partition coefficient (Wildman–Crippen LogP) is 1.99. The highest BCUT2D eigenvalue weighted by Gasteiger charge is 2.44. The molecule has 0 bridgehead atoms. The number of Topliss-reactive ketones (excluding diaryl/α,β-unsaturated/α-hetero) is 1. The van der Waals surface area contributed by atoms with E-state index in [0.717, 1.165) is 24.7 Å². The minimum absolute atomic E-state index is 0.0901. The van der Waals surface area contributed by atoms with E-state index >= 15 is 0 Å². The van der Waals surface area contributed by atoms with Crippen molar-refractivity contribution in [3.05, 3.63) is 23.3 Å². The highest BCUT2D eigenvalue weighted by atomic mass is 16.6. The second-order valence-electron chi connectivity index (χ2n) is 5.31. The molecule has 1 aliphatic carbocycles. The molecule has 3 atom stereocenters. The Kier molecular flexibility index (Phi) is 3.98. The Bertz CT molecular complexity index is 473. The summed E-state index contributed by atoms with van der Waals surface area (Å²) in [5.41, 5.74) is 1.58. The first-order valence-electron chi connectivity index (χ1n) is 6.57. The Morgan fingerprint density at radius 3 is 2.79 bits per heavy atom. The first-order valence-corrected chi connectivity index (χ1v) is 6.57. The highest BCUT2D eigenvalue weighted by molar-refractivity contribution is 5.94. The van der Waals surface area contributed by atoms with Gasteiger partial charge in [0.15, 0.2) is 0 Å². The number of carbonyl (C=O) groups is 3. The lowest BCUT2D eigenvalue weighted by Gasteiger charge is -2.17. The minimum Gasteiger partial charge on any atom is -0.457 e. The number of ketones is 1. The summed E-state index contributed by atoms with van der Waals surface area (Å²) in [5, 5.41) is 0. The molecule has 4 heteroatoms. The summed E-state index contributed by atoms with van der Waals surface area (Å²) in [6.45, 7) is 3.67. The maximum absolute atomic E-state index is 12.3. The number of ether oxygens (including phenoxy) is 1. The summed E-state index contributed by atoms with van der Waals surface area (Å²) < 4.78 is 5.28. The van der Waals surface area contributed by atoms with Gasteiger partial charge in [0.2, 0.25) is 0 Å². The van der Waals surface area contributed by atoms with Gasteiger partial charge in [-0.15, -0.1) is 0 Å². The lowest BCUT2D eigenvalue weighted by molar-refractivity contribution is -0.142. The van der Waals surface area contributed by atoms with Gasteiger partial charge in [0.05, 0.1) is 11.8 Å². The van der Waals surface area contributed by atoms with E-state index in [9.17, 15) is 14.4 Å². The van der Waals surface area contributed by atoms with Gasteiger partial charge in [0.1, 0.15) is 18.2 Å². The van der Waals surface area contributed by atoms with Crippen LogP contribution in [0.4, 0.5) is 0 Å². The number of fused-ring (bicyclic) bond motifs is 1. The zero-order chi connectivity index (χ0) is 14.0. The standard InChI is InChI=1S/C15H18O4/c1-9-4-3-5-11(8-16)7-12(17)14-10(2)15(18)19-13(14)6-9/h5-6,8,10,13-14H,3-4,7H2,1-2H3/b9-6+,11-5+/t10-,13+,14+/m0/s1. The fourth-order valence-electron chi connectivity index (χ4n) is 2.68. The summed E-state index contributed by atoms with van der Waals surface area (Å²) in [6.07, 6.45) is 5.58. The molecule has 1 aliphatic heterocycles. The topological polar surface area (TPSA) is 60.4 Å². The Morgan fingerprint density at radius 2 is 2.11 bits per heavy atom. The Balaban J connectivity index is 2.34. The summed E-state index contributed by atoms with van der Waals surface area (Å²) in [7, 11) is 0. The van der Waals surface area contributed by atoms with Gasteiger partial charge in [-0.3, -0.25) is 14.4 Å². The van der Waals surface area contributed by atoms with Gasteiger partial charge in [-0.1, -0.05) is 18.6 Å². The van der Waals surface area contributed by atoms with Crippen LogP contribution < -0.4 is 0 Å². The average molecular weight is 262 g/mol. The molecule has 102 valence electrons. The first-order chi connectivity index (χ1) is 9.02. The zero-order valence-corrected chi connectivity index (χ0v) is 11.2. The van der Waals surface area contributed by atoms with Gasteiger partial charge in [0.25, 0.3) is 0 Å². The van der Waals surface area contributed by atoms with Crippen LogP contribution in [0.3, 0.4) is 0 Å². The van der Waals surface area contributed by atoms with Crippen LogP contribution in [-0.2, 0) is 19.1 Å². The Labute approximate surface area is 112 Å². The number of rotatable bonds is 1. The normalized spacial score (nSPS) is 37.5. The maximum Gasteiger partial charge on any atom is 0.310 e. The molecule has 1 heterocycles. The van der Waals surface area contributed by atoms with Gasteiger partial charge >= 0.3 is 5.97 Å². The van der Waals surface area contributed by atoms with Crippen LogP contribution in [0.2, 0.25) is 0 Å². The second-order valence-corrected chi connectivity index (χ2v) is 5.31. The van der Waals surface area contributed by atoms with E-state index in [1.54, 1.807) is 6.92 Å². The molecule has 0 N–H and O–H groups in total. The van der Waals surface area contributed by atoms with Crippen LogP contribution in [0.15, 0.2) is 23.3 Å². The number of hydrogen-bond acceptors (Lipinski definition) is 4. The van der Waals surface area contributed by atoms with E-state index < -0.39 is 17.9 Å². The van der Waals surface area contributed by atoms with Crippen LogP contribution in [0.1, 0.15) is 33.1 Å². The molecule has 0 aromatic heterocycles. The van der Waals surface area contributed by atoms with Crippen molar-refractivity contribution < 1.29 is 19.1 Å². The van der Waals surface area contributed by atoms with Crippen molar-refractivity contribution >= 4 is 18.0 Å². The molecule has 1 fully saturated rings. The first kappa shape index (κ1) is 13.7. The van der Waals surface area contributed by atoms with Crippen LogP contribution >= 0.6 is 0 Å². The SMILES string of the molecule is C/C1=C\[C@H]2OC(=O)[C@@H](C)[C@@H]2C(=O)C/C(C=O)=C\CC1. The highest BCUT2D eigenvalue weighted by Crippen LogP contribution is 2.33. The van der Waals surface area contributed by atoms with E-state index in [2.05, 4.69) is 0 Å². The fourth-order valence-corrected chi connectivity index (χ4v) is 2.68. The third-order valence-corrected chi connectivity index (χ3v) is 3.81.